The number of carboxylic acids is 1. The van der Waals surface area contributed by atoms with Crippen LogP contribution in [0.1, 0.15) is 0 Å². The van der Waals surface area contributed by atoms with E-state index in [2.05, 4.69) is 49.2 Å². The molecule has 0 heterocycles. The molecule has 1 aromatic rings. The largest absolute Gasteiger partial charge is 0.479 e. The monoisotopic (exact) mass is 442 g/mol. The number of benzene rings is 1. The lowest BCUT2D eigenvalue weighted by Crippen LogP contribution is -2.39. The third kappa shape index (κ3) is 5.33. The molecule has 1 rings (SSSR count). The van der Waals surface area contributed by atoms with Crippen LogP contribution in [0.25, 0.3) is 0 Å². The number of carbonyl (C=O) groups excluding carboxylic acids is 1. The molecule has 0 saturated carbocycles. The smallest absolute Gasteiger partial charge is 0.334 e. The SMILES string of the molecule is COC(CNC(=O)Nc1ccc(I)cc1Br)C(=O)O. The van der Waals surface area contributed by atoms with Gasteiger partial charge in [0.05, 0.1) is 12.2 Å². The van der Waals surface area contributed by atoms with E-state index >= 15 is 0 Å². The number of aliphatic carboxylic acids is 1. The third-order valence-corrected chi connectivity index (χ3v) is 3.51. The van der Waals surface area contributed by atoms with Gasteiger partial charge in [0.25, 0.3) is 0 Å². The topological polar surface area (TPSA) is 87.7 Å². The highest BCUT2D eigenvalue weighted by atomic mass is 127. The summed E-state index contributed by atoms with van der Waals surface area (Å²) in [6.07, 6.45) is -1.06. The van der Waals surface area contributed by atoms with Crippen LogP contribution >= 0.6 is 38.5 Å². The van der Waals surface area contributed by atoms with Gasteiger partial charge in [-0.2, -0.15) is 0 Å². The molecule has 0 aliphatic carbocycles. The van der Waals surface area contributed by atoms with Crippen LogP contribution in [-0.2, 0) is 9.53 Å². The van der Waals surface area contributed by atoms with Gasteiger partial charge >= 0.3 is 12.0 Å². The molecule has 2 amide bonds. The Morgan fingerprint density at radius 3 is 2.74 bits per heavy atom. The molecule has 0 saturated heterocycles. The number of carboxylic acid groups (broad SMARTS) is 1. The Bertz CT molecular complexity index is 484. The van der Waals surface area contributed by atoms with E-state index in [0.29, 0.717) is 5.69 Å². The van der Waals surface area contributed by atoms with Gasteiger partial charge in [0.1, 0.15) is 0 Å². The van der Waals surface area contributed by atoms with Crippen LogP contribution in [0.2, 0.25) is 0 Å². The number of rotatable bonds is 5. The Morgan fingerprint density at radius 2 is 2.21 bits per heavy atom. The summed E-state index contributed by atoms with van der Waals surface area (Å²) in [5.41, 5.74) is 0.599. The van der Waals surface area contributed by atoms with Gasteiger partial charge in [-0.25, -0.2) is 9.59 Å². The third-order valence-electron chi connectivity index (χ3n) is 2.19. The molecule has 19 heavy (non-hydrogen) atoms. The maximum absolute atomic E-state index is 11.6. The summed E-state index contributed by atoms with van der Waals surface area (Å²) in [5.74, 6) is -1.13. The van der Waals surface area contributed by atoms with Crippen LogP contribution in [0, 0.1) is 3.57 Å². The standard InChI is InChI=1S/C11H12BrIN2O4/c1-19-9(10(16)17)5-14-11(18)15-8-3-2-6(13)4-7(8)12/h2-4,9H,5H2,1H3,(H,16,17)(H2,14,15,18). The van der Waals surface area contributed by atoms with Gasteiger partial charge in [0.2, 0.25) is 0 Å². The van der Waals surface area contributed by atoms with Gasteiger partial charge in [0.15, 0.2) is 6.10 Å². The second-order valence-electron chi connectivity index (χ2n) is 3.52. The van der Waals surface area contributed by atoms with E-state index in [4.69, 9.17) is 9.84 Å². The van der Waals surface area contributed by atoms with Gasteiger partial charge in [-0.1, -0.05) is 0 Å². The Hall–Kier alpha value is -0.870. The number of amides is 2. The van der Waals surface area contributed by atoms with Crippen molar-refractivity contribution in [2.75, 3.05) is 19.0 Å². The lowest BCUT2D eigenvalue weighted by molar-refractivity contribution is -0.147. The van der Waals surface area contributed by atoms with Crippen molar-refractivity contribution >= 4 is 56.2 Å². The Kier molecular flexibility index (Phi) is 6.52. The van der Waals surface area contributed by atoms with E-state index < -0.39 is 18.1 Å². The molecule has 0 aliphatic heterocycles. The van der Waals surface area contributed by atoms with Crippen LogP contribution in [0.3, 0.4) is 0 Å². The number of halogens is 2. The van der Waals surface area contributed by atoms with Gasteiger partial charge in [0, 0.05) is 15.2 Å². The Labute approximate surface area is 132 Å². The van der Waals surface area contributed by atoms with E-state index in [9.17, 15) is 9.59 Å². The molecule has 1 aromatic carbocycles. The fraction of sp³-hybridized carbons (Fsp3) is 0.273. The Balaban J connectivity index is 2.53. The number of urea groups is 1. The molecule has 8 heteroatoms. The molecule has 3 N–H and O–H groups in total. The highest BCUT2D eigenvalue weighted by Crippen LogP contribution is 2.24. The maximum atomic E-state index is 11.6. The van der Waals surface area contributed by atoms with E-state index in [0.717, 1.165) is 8.04 Å². The molecule has 1 atom stereocenters. The molecule has 0 radical (unpaired) electrons. The first-order chi connectivity index (χ1) is 8.93. The molecular formula is C11H12BrIN2O4. The molecule has 104 valence electrons. The molecule has 0 bridgehead atoms. The van der Waals surface area contributed by atoms with E-state index in [-0.39, 0.29) is 6.54 Å². The summed E-state index contributed by atoms with van der Waals surface area (Å²) in [7, 11) is 1.27. The molecule has 0 aliphatic rings. The molecule has 1 unspecified atom stereocenters. The van der Waals surface area contributed by atoms with E-state index in [1.165, 1.54) is 7.11 Å². The first-order valence-corrected chi connectivity index (χ1v) is 7.06. The van der Waals surface area contributed by atoms with Crippen molar-refractivity contribution < 1.29 is 19.4 Å². The lowest BCUT2D eigenvalue weighted by Gasteiger charge is -2.13. The van der Waals surface area contributed by atoms with E-state index in [1.807, 2.05) is 12.1 Å². The molecular weight excluding hydrogens is 431 g/mol. The molecule has 0 spiro atoms. The van der Waals surface area contributed by atoms with Gasteiger partial charge in [-0.3, -0.25) is 0 Å². The quantitative estimate of drug-likeness (QED) is 0.610. The minimum Gasteiger partial charge on any atom is -0.479 e. The fourth-order valence-electron chi connectivity index (χ4n) is 1.21. The number of ether oxygens (including phenoxy) is 1. The van der Waals surface area contributed by atoms with Crippen molar-refractivity contribution in [1.29, 1.82) is 0 Å². The van der Waals surface area contributed by atoms with Gasteiger partial charge in [-0.15, -0.1) is 0 Å². The van der Waals surface area contributed by atoms with Crippen molar-refractivity contribution in [2.45, 2.75) is 6.10 Å². The van der Waals surface area contributed by atoms with Gasteiger partial charge < -0.3 is 20.5 Å². The van der Waals surface area contributed by atoms with Crippen LogP contribution in [-0.4, -0.2) is 36.9 Å². The number of methoxy groups -OCH3 is 1. The predicted octanol–water partition coefficient (Wildman–Crippen LogP) is 2.27. The van der Waals surface area contributed by atoms with Crippen molar-refractivity contribution in [3.8, 4) is 0 Å². The highest BCUT2D eigenvalue weighted by molar-refractivity contribution is 14.1. The average Bonchev–Trinajstić information content (AvgIpc) is 2.33. The summed E-state index contributed by atoms with van der Waals surface area (Å²) in [4.78, 5) is 22.3. The normalized spacial score (nSPS) is 11.7. The zero-order valence-corrected chi connectivity index (χ0v) is 13.7. The Morgan fingerprint density at radius 1 is 1.53 bits per heavy atom. The first kappa shape index (κ1) is 16.2. The van der Waals surface area contributed by atoms with Crippen molar-refractivity contribution in [3.05, 3.63) is 26.2 Å². The van der Waals surface area contributed by atoms with Crippen molar-refractivity contribution in [2.24, 2.45) is 0 Å². The van der Waals surface area contributed by atoms with Crippen LogP contribution in [0.15, 0.2) is 22.7 Å². The first-order valence-electron chi connectivity index (χ1n) is 5.19. The number of hydrogen-bond donors (Lipinski definition) is 3. The minimum absolute atomic E-state index is 0.111. The second-order valence-corrected chi connectivity index (χ2v) is 5.62. The van der Waals surface area contributed by atoms with Crippen LogP contribution in [0.5, 0.6) is 0 Å². The number of carbonyl (C=O) groups is 2. The average molecular weight is 443 g/mol. The van der Waals surface area contributed by atoms with Crippen molar-refractivity contribution in [3.63, 3.8) is 0 Å². The molecule has 0 fully saturated rings. The van der Waals surface area contributed by atoms with E-state index in [1.54, 1.807) is 6.07 Å². The van der Waals surface area contributed by atoms with Crippen molar-refractivity contribution in [1.82, 2.24) is 5.32 Å². The lowest BCUT2D eigenvalue weighted by atomic mass is 10.3. The predicted molar refractivity (Wildman–Crippen MR) is 82.3 cm³/mol. The number of nitrogens with one attached hydrogen (secondary N) is 2. The molecule has 0 aromatic heterocycles. The minimum atomic E-state index is -1.13. The summed E-state index contributed by atoms with van der Waals surface area (Å²) in [5, 5.41) is 13.8. The highest BCUT2D eigenvalue weighted by Gasteiger charge is 2.17. The second kappa shape index (κ2) is 7.65. The van der Waals surface area contributed by atoms with Crippen LogP contribution < -0.4 is 10.6 Å². The maximum Gasteiger partial charge on any atom is 0.334 e. The number of anilines is 1. The fourth-order valence-corrected chi connectivity index (χ4v) is 2.61. The summed E-state index contributed by atoms with van der Waals surface area (Å²) in [6, 6.07) is 4.95. The zero-order valence-electron chi connectivity index (χ0n) is 9.94. The molecule has 6 nitrogen and oxygen atoms in total. The zero-order chi connectivity index (χ0) is 14.4. The summed E-state index contributed by atoms with van der Waals surface area (Å²) in [6.45, 7) is -0.111. The van der Waals surface area contributed by atoms with Crippen LogP contribution in [0.4, 0.5) is 10.5 Å². The summed E-state index contributed by atoms with van der Waals surface area (Å²) < 4.78 is 6.47. The van der Waals surface area contributed by atoms with Gasteiger partial charge in [-0.05, 0) is 56.7 Å². The summed E-state index contributed by atoms with van der Waals surface area (Å²) >= 11 is 5.48. The number of hydrogen-bond acceptors (Lipinski definition) is 3.